The van der Waals surface area contributed by atoms with Gasteiger partial charge in [-0.05, 0) is 36.1 Å². The number of hydrogen-bond acceptors (Lipinski definition) is 1. The van der Waals surface area contributed by atoms with Crippen LogP contribution in [0.5, 0.6) is 0 Å². The molecule has 1 N–H and O–H groups in total. The average molecular weight is 274 g/mol. The molecule has 2 rings (SSSR count). The topological polar surface area (TPSA) is 12.0 Å². The summed E-state index contributed by atoms with van der Waals surface area (Å²) in [7, 11) is 0. The van der Waals surface area contributed by atoms with Crippen LogP contribution in [0.4, 0.5) is 0 Å². The molecule has 0 saturated carbocycles. The maximum absolute atomic E-state index is 6.20. The molecule has 100 valence electrons. The molecule has 0 fully saturated rings. The molecule has 0 aliphatic rings. The lowest BCUT2D eigenvalue weighted by molar-refractivity contribution is 0.575. The van der Waals surface area contributed by atoms with Crippen molar-refractivity contribution < 1.29 is 0 Å². The molecule has 0 aromatic heterocycles. The van der Waals surface area contributed by atoms with Gasteiger partial charge in [0.1, 0.15) is 0 Å². The van der Waals surface area contributed by atoms with Crippen molar-refractivity contribution in [1.82, 2.24) is 5.32 Å². The van der Waals surface area contributed by atoms with Crippen LogP contribution in [-0.4, -0.2) is 0 Å². The van der Waals surface area contributed by atoms with E-state index in [-0.39, 0.29) is 6.04 Å². The molecular formula is C17H20ClN. The van der Waals surface area contributed by atoms with E-state index < -0.39 is 0 Å². The number of nitrogens with one attached hydrogen (secondary N) is 1. The fraction of sp³-hybridized carbons (Fsp3) is 0.294. The van der Waals surface area contributed by atoms with Crippen molar-refractivity contribution in [1.29, 1.82) is 0 Å². The van der Waals surface area contributed by atoms with E-state index in [1.807, 2.05) is 18.2 Å². The lowest BCUT2D eigenvalue weighted by Gasteiger charge is -2.15. The predicted octanol–water partition coefficient (Wildman–Crippen LogP) is 4.75. The maximum atomic E-state index is 6.20. The van der Waals surface area contributed by atoms with Gasteiger partial charge in [0.2, 0.25) is 0 Å². The van der Waals surface area contributed by atoms with Gasteiger partial charge in [0.25, 0.3) is 0 Å². The van der Waals surface area contributed by atoms with Crippen LogP contribution in [0.2, 0.25) is 5.02 Å². The molecule has 2 heteroatoms. The van der Waals surface area contributed by atoms with Crippen molar-refractivity contribution >= 4 is 11.6 Å². The molecule has 2 aromatic rings. The van der Waals surface area contributed by atoms with Crippen molar-refractivity contribution in [2.75, 3.05) is 0 Å². The van der Waals surface area contributed by atoms with Crippen LogP contribution >= 0.6 is 11.6 Å². The first kappa shape index (κ1) is 14.1. The van der Waals surface area contributed by atoms with Gasteiger partial charge in [-0.25, -0.2) is 0 Å². The highest BCUT2D eigenvalue weighted by molar-refractivity contribution is 6.31. The highest BCUT2D eigenvalue weighted by Gasteiger charge is 2.08. The van der Waals surface area contributed by atoms with Gasteiger partial charge in [0.05, 0.1) is 0 Å². The lowest BCUT2D eigenvalue weighted by Crippen LogP contribution is -2.18. The number of benzene rings is 2. The molecule has 0 unspecified atom stereocenters. The normalized spacial score (nSPS) is 12.4. The summed E-state index contributed by atoms with van der Waals surface area (Å²) >= 11 is 6.20. The Balaban J connectivity index is 1.96. The second kappa shape index (κ2) is 6.74. The molecule has 2 aromatic carbocycles. The summed E-state index contributed by atoms with van der Waals surface area (Å²) in [4.78, 5) is 0. The second-order valence-corrected chi connectivity index (χ2v) is 5.20. The van der Waals surface area contributed by atoms with Crippen molar-refractivity contribution in [3.63, 3.8) is 0 Å². The number of hydrogen-bond donors (Lipinski definition) is 1. The first-order chi connectivity index (χ1) is 9.20. The van der Waals surface area contributed by atoms with Gasteiger partial charge in [-0.15, -0.1) is 0 Å². The van der Waals surface area contributed by atoms with Crippen LogP contribution < -0.4 is 5.32 Å². The summed E-state index contributed by atoms with van der Waals surface area (Å²) in [5.41, 5.74) is 3.83. The zero-order chi connectivity index (χ0) is 13.7. The fourth-order valence-corrected chi connectivity index (χ4v) is 2.40. The molecule has 0 saturated heterocycles. The molecule has 19 heavy (non-hydrogen) atoms. The van der Waals surface area contributed by atoms with E-state index in [0.717, 1.165) is 23.6 Å². The van der Waals surface area contributed by atoms with Crippen LogP contribution in [0.1, 0.15) is 36.6 Å². The molecule has 0 spiro atoms. The molecule has 0 bridgehead atoms. The third kappa shape index (κ3) is 3.82. The summed E-state index contributed by atoms with van der Waals surface area (Å²) in [5, 5.41) is 4.33. The van der Waals surface area contributed by atoms with Crippen molar-refractivity contribution in [2.45, 2.75) is 32.9 Å². The average Bonchev–Trinajstić information content (AvgIpc) is 2.46. The van der Waals surface area contributed by atoms with Gasteiger partial charge < -0.3 is 5.32 Å². The standard InChI is InChI=1S/C17H20ClN/c1-3-14-8-10-15(11-9-14)12-19-13(2)16-6-4-5-7-17(16)18/h4-11,13,19H,3,12H2,1-2H3/t13-/m1/s1. The van der Waals surface area contributed by atoms with Crippen molar-refractivity contribution in [3.05, 3.63) is 70.2 Å². The largest absolute Gasteiger partial charge is 0.306 e. The predicted molar refractivity (Wildman–Crippen MR) is 82.5 cm³/mol. The SMILES string of the molecule is CCc1ccc(CN[C@H](C)c2ccccc2Cl)cc1. The van der Waals surface area contributed by atoms with E-state index in [9.17, 15) is 0 Å². The minimum atomic E-state index is 0.250. The Hall–Kier alpha value is -1.31. The maximum Gasteiger partial charge on any atom is 0.0453 e. The molecule has 0 radical (unpaired) electrons. The fourth-order valence-electron chi connectivity index (χ4n) is 2.10. The molecule has 1 atom stereocenters. The van der Waals surface area contributed by atoms with Crippen molar-refractivity contribution in [2.24, 2.45) is 0 Å². The van der Waals surface area contributed by atoms with E-state index in [4.69, 9.17) is 11.6 Å². The van der Waals surface area contributed by atoms with E-state index in [1.165, 1.54) is 11.1 Å². The Morgan fingerprint density at radius 1 is 1.00 bits per heavy atom. The second-order valence-electron chi connectivity index (χ2n) is 4.79. The van der Waals surface area contributed by atoms with Crippen LogP contribution in [0.15, 0.2) is 48.5 Å². The van der Waals surface area contributed by atoms with E-state index in [2.05, 4.69) is 49.5 Å². The van der Waals surface area contributed by atoms with Gasteiger partial charge >= 0.3 is 0 Å². The zero-order valence-electron chi connectivity index (χ0n) is 11.5. The van der Waals surface area contributed by atoms with Crippen LogP contribution in [0, 0.1) is 0 Å². The third-order valence-electron chi connectivity index (χ3n) is 3.42. The van der Waals surface area contributed by atoms with Gasteiger partial charge in [-0.3, -0.25) is 0 Å². The number of aryl methyl sites for hydroxylation is 1. The monoisotopic (exact) mass is 273 g/mol. The minimum absolute atomic E-state index is 0.250. The first-order valence-electron chi connectivity index (χ1n) is 6.76. The van der Waals surface area contributed by atoms with Crippen molar-refractivity contribution in [3.8, 4) is 0 Å². The van der Waals surface area contributed by atoms with Gasteiger partial charge in [0.15, 0.2) is 0 Å². The minimum Gasteiger partial charge on any atom is -0.306 e. The Morgan fingerprint density at radius 2 is 1.63 bits per heavy atom. The van der Waals surface area contributed by atoms with E-state index in [0.29, 0.717) is 0 Å². The molecule has 0 aliphatic carbocycles. The molecule has 0 amide bonds. The smallest absolute Gasteiger partial charge is 0.0453 e. The van der Waals surface area contributed by atoms with E-state index >= 15 is 0 Å². The summed E-state index contributed by atoms with van der Waals surface area (Å²) in [6, 6.07) is 17.0. The lowest BCUT2D eigenvalue weighted by atomic mass is 10.1. The van der Waals surface area contributed by atoms with Gasteiger partial charge in [-0.1, -0.05) is 61.0 Å². The van der Waals surface area contributed by atoms with Gasteiger partial charge in [-0.2, -0.15) is 0 Å². The first-order valence-corrected chi connectivity index (χ1v) is 7.14. The molecular weight excluding hydrogens is 254 g/mol. The van der Waals surface area contributed by atoms with Gasteiger partial charge in [0, 0.05) is 17.6 Å². The summed E-state index contributed by atoms with van der Waals surface area (Å²) in [6.07, 6.45) is 1.09. The number of halogens is 1. The van der Waals surface area contributed by atoms with E-state index in [1.54, 1.807) is 0 Å². The third-order valence-corrected chi connectivity index (χ3v) is 3.76. The Bertz CT molecular complexity index is 519. The van der Waals surface area contributed by atoms with Crippen LogP contribution in [0.25, 0.3) is 0 Å². The number of rotatable bonds is 5. The highest BCUT2D eigenvalue weighted by Crippen LogP contribution is 2.22. The zero-order valence-corrected chi connectivity index (χ0v) is 12.2. The summed E-state index contributed by atoms with van der Waals surface area (Å²) in [5.74, 6) is 0. The van der Waals surface area contributed by atoms with Crippen LogP contribution in [-0.2, 0) is 13.0 Å². The van der Waals surface area contributed by atoms with Crippen LogP contribution in [0.3, 0.4) is 0 Å². The Morgan fingerprint density at radius 3 is 2.26 bits per heavy atom. The molecule has 0 heterocycles. The summed E-state index contributed by atoms with van der Waals surface area (Å²) < 4.78 is 0. The summed E-state index contributed by atoms with van der Waals surface area (Å²) in [6.45, 7) is 5.17. The Labute approximate surface area is 120 Å². The Kier molecular flexibility index (Phi) is 5.00. The quantitative estimate of drug-likeness (QED) is 0.829. The highest BCUT2D eigenvalue weighted by atomic mass is 35.5. The molecule has 0 aliphatic heterocycles. The molecule has 1 nitrogen and oxygen atoms in total.